The highest BCUT2D eigenvalue weighted by Gasteiger charge is 2.18. The van der Waals surface area contributed by atoms with Crippen molar-refractivity contribution in [2.75, 3.05) is 0 Å². The van der Waals surface area contributed by atoms with Crippen LogP contribution in [0.1, 0.15) is 17.0 Å². The summed E-state index contributed by atoms with van der Waals surface area (Å²) in [6.07, 6.45) is 1.82. The predicted octanol–water partition coefficient (Wildman–Crippen LogP) is 4.46. The molecule has 8 heteroatoms. The number of hydrogen-bond acceptors (Lipinski definition) is 3. The molecule has 28 heavy (non-hydrogen) atoms. The van der Waals surface area contributed by atoms with Gasteiger partial charge in [-0.15, -0.1) is 0 Å². The molecule has 0 radical (unpaired) electrons. The van der Waals surface area contributed by atoms with Gasteiger partial charge in [0, 0.05) is 29.2 Å². The third-order valence-electron chi connectivity index (χ3n) is 4.57. The van der Waals surface area contributed by atoms with Gasteiger partial charge in [0.25, 0.3) is 0 Å². The molecule has 2 heterocycles. The SMILES string of the molecule is Cc1cc(-n2c(Cc3ccc(F)cc3Cl)nc(=O)c3ncn(C)c32)ccc1Cl. The van der Waals surface area contributed by atoms with Crippen LogP contribution in [0.3, 0.4) is 0 Å². The monoisotopic (exact) mass is 416 g/mol. The van der Waals surface area contributed by atoms with Gasteiger partial charge in [-0.05, 0) is 48.4 Å². The molecule has 0 saturated heterocycles. The zero-order chi connectivity index (χ0) is 20.0. The van der Waals surface area contributed by atoms with Gasteiger partial charge in [-0.3, -0.25) is 9.36 Å². The summed E-state index contributed by atoms with van der Waals surface area (Å²) >= 11 is 12.4. The van der Waals surface area contributed by atoms with Crippen LogP contribution in [0.25, 0.3) is 16.9 Å². The highest BCUT2D eigenvalue weighted by atomic mass is 35.5. The fourth-order valence-corrected chi connectivity index (χ4v) is 3.53. The summed E-state index contributed by atoms with van der Waals surface area (Å²) in [7, 11) is 1.81. The molecule has 0 saturated carbocycles. The highest BCUT2D eigenvalue weighted by molar-refractivity contribution is 6.31. The van der Waals surface area contributed by atoms with Gasteiger partial charge in [0.05, 0.1) is 6.33 Å². The number of benzene rings is 2. The van der Waals surface area contributed by atoms with E-state index >= 15 is 0 Å². The Balaban J connectivity index is 2.01. The Labute approximate surface area is 170 Å². The molecule has 0 amide bonds. The third kappa shape index (κ3) is 3.19. The molecule has 0 aliphatic carbocycles. The van der Waals surface area contributed by atoms with Crippen LogP contribution in [-0.4, -0.2) is 19.1 Å². The molecule has 0 fully saturated rings. The van der Waals surface area contributed by atoms with E-state index in [1.54, 1.807) is 23.0 Å². The summed E-state index contributed by atoms with van der Waals surface area (Å²) in [5.41, 5.74) is 2.79. The number of halogens is 3. The minimum absolute atomic E-state index is 0.247. The van der Waals surface area contributed by atoms with Crippen molar-refractivity contribution in [3.63, 3.8) is 0 Å². The molecule has 0 atom stereocenters. The number of imidazole rings is 1. The average molecular weight is 417 g/mol. The maximum absolute atomic E-state index is 13.4. The zero-order valence-corrected chi connectivity index (χ0v) is 16.6. The maximum Gasteiger partial charge on any atom is 0.301 e. The number of hydrogen-bond donors (Lipinski definition) is 0. The molecule has 0 spiro atoms. The largest absolute Gasteiger partial charge is 0.319 e. The molecule has 0 bridgehead atoms. The van der Waals surface area contributed by atoms with Crippen LogP contribution in [-0.2, 0) is 13.5 Å². The molecule has 0 N–H and O–H groups in total. The van der Waals surface area contributed by atoms with E-state index in [0.717, 1.165) is 11.3 Å². The minimum atomic E-state index is -0.425. The van der Waals surface area contributed by atoms with Gasteiger partial charge in [0.15, 0.2) is 11.2 Å². The van der Waals surface area contributed by atoms with E-state index in [4.69, 9.17) is 23.2 Å². The van der Waals surface area contributed by atoms with Crippen molar-refractivity contribution >= 4 is 34.4 Å². The summed E-state index contributed by atoms with van der Waals surface area (Å²) < 4.78 is 17.0. The molecule has 142 valence electrons. The Morgan fingerprint density at radius 2 is 1.89 bits per heavy atom. The molecular formula is C20H15Cl2FN4O. The van der Waals surface area contributed by atoms with Gasteiger partial charge in [-0.1, -0.05) is 29.3 Å². The second-order valence-electron chi connectivity index (χ2n) is 6.54. The second-order valence-corrected chi connectivity index (χ2v) is 7.36. The Morgan fingerprint density at radius 1 is 1.11 bits per heavy atom. The molecular weight excluding hydrogens is 402 g/mol. The first-order valence-corrected chi connectivity index (χ1v) is 9.24. The van der Waals surface area contributed by atoms with Gasteiger partial charge in [-0.2, -0.15) is 4.98 Å². The molecule has 2 aromatic heterocycles. The van der Waals surface area contributed by atoms with E-state index in [0.29, 0.717) is 22.1 Å². The van der Waals surface area contributed by atoms with E-state index in [1.807, 2.05) is 30.7 Å². The van der Waals surface area contributed by atoms with Crippen molar-refractivity contribution in [1.29, 1.82) is 0 Å². The highest BCUT2D eigenvalue weighted by Crippen LogP contribution is 2.25. The Morgan fingerprint density at radius 3 is 2.61 bits per heavy atom. The van der Waals surface area contributed by atoms with E-state index in [9.17, 15) is 9.18 Å². The van der Waals surface area contributed by atoms with Crippen molar-refractivity contribution < 1.29 is 4.39 Å². The fraction of sp³-hybridized carbons (Fsp3) is 0.150. The van der Waals surface area contributed by atoms with Crippen LogP contribution in [0.2, 0.25) is 10.0 Å². The lowest BCUT2D eigenvalue weighted by molar-refractivity contribution is 0.627. The summed E-state index contributed by atoms with van der Waals surface area (Å²) in [6, 6.07) is 9.73. The average Bonchev–Trinajstić information content (AvgIpc) is 3.03. The normalized spacial score (nSPS) is 11.3. The predicted molar refractivity (Wildman–Crippen MR) is 108 cm³/mol. The lowest BCUT2D eigenvalue weighted by Crippen LogP contribution is -2.19. The molecule has 0 aliphatic heterocycles. The van der Waals surface area contributed by atoms with Gasteiger partial charge in [-0.25, -0.2) is 9.37 Å². The fourth-order valence-electron chi connectivity index (χ4n) is 3.17. The Hall–Kier alpha value is -2.70. The molecule has 5 nitrogen and oxygen atoms in total. The molecule has 0 unspecified atom stereocenters. The lowest BCUT2D eigenvalue weighted by atomic mass is 10.1. The number of rotatable bonds is 3. The van der Waals surface area contributed by atoms with Crippen LogP contribution in [0, 0.1) is 12.7 Å². The first kappa shape index (κ1) is 18.7. The quantitative estimate of drug-likeness (QED) is 0.495. The summed E-state index contributed by atoms with van der Waals surface area (Å²) in [5, 5.41) is 0.917. The van der Waals surface area contributed by atoms with E-state index in [1.165, 1.54) is 12.1 Å². The number of fused-ring (bicyclic) bond motifs is 1. The van der Waals surface area contributed by atoms with Gasteiger partial charge < -0.3 is 4.57 Å². The van der Waals surface area contributed by atoms with E-state index < -0.39 is 11.4 Å². The smallest absolute Gasteiger partial charge is 0.301 e. The standard InChI is InChI=1S/C20H15Cl2FN4O/c1-11-7-14(5-6-15(11)21)27-17(8-12-3-4-13(23)9-16(12)22)25-19(28)18-20(27)26(2)10-24-18/h3-7,9-10H,8H2,1-2H3. The lowest BCUT2D eigenvalue weighted by Gasteiger charge is -2.16. The van der Waals surface area contributed by atoms with Gasteiger partial charge >= 0.3 is 5.56 Å². The first-order chi connectivity index (χ1) is 13.3. The van der Waals surface area contributed by atoms with E-state index in [-0.39, 0.29) is 17.0 Å². The molecule has 4 rings (SSSR count). The van der Waals surface area contributed by atoms with Gasteiger partial charge in [0.2, 0.25) is 0 Å². The van der Waals surface area contributed by atoms with Crippen molar-refractivity contribution in [2.24, 2.45) is 7.05 Å². The van der Waals surface area contributed by atoms with E-state index in [2.05, 4.69) is 9.97 Å². The number of nitrogens with zero attached hydrogens (tertiary/aromatic N) is 4. The second kappa shape index (κ2) is 7.04. The molecule has 2 aromatic carbocycles. The molecule has 0 aliphatic rings. The van der Waals surface area contributed by atoms with Crippen LogP contribution in [0.5, 0.6) is 0 Å². The van der Waals surface area contributed by atoms with Crippen LogP contribution < -0.4 is 5.56 Å². The van der Waals surface area contributed by atoms with Crippen molar-refractivity contribution in [1.82, 2.24) is 19.1 Å². The van der Waals surface area contributed by atoms with Gasteiger partial charge in [0.1, 0.15) is 11.6 Å². The zero-order valence-electron chi connectivity index (χ0n) is 15.1. The van der Waals surface area contributed by atoms with Crippen molar-refractivity contribution in [2.45, 2.75) is 13.3 Å². The summed E-state index contributed by atoms with van der Waals surface area (Å²) in [5.74, 6) is 0.0471. The third-order valence-corrected chi connectivity index (χ3v) is 5.35. The Bertz CT molecular complexity index is 1280. The minimum Gasteiger partial charge on any atom is -0.319 e. The number of aryl methyl sites for hydroxylation is 2. The number of aromatic nitrogens is 4. The Kier molecular flexibility index (Phi) is 4.69. The van der Waals surface area contributed by atoms with Crippen LogP contribution >= 0.6 is 23.2 Å². The topological polar surface area (TPSA) is 52.7 Å². The van der Waals surface area contributed by atoms with Crippen LogP contribution in [0.4, 0.5) is 4.39 Å². The first-order valence-electron chi connectivity index (χ1n) is 8.48. The van der Waals surface area contributed by atoms with Crippen molar-refractivity contribution in [3.05, 3.63) is 85.9 Å². The van der Waals surface area contributed by atoms with Crippen molar-refractivity contribution in [3.8, 4) is 5.69 Å². The summed E-state index contributed by atoms with van der Waals surface area (Å²) in [4.78, 5) is 21.0. The summed E-state index contributed by atoms with van der Waals surface area (Å²) in [6.45, 7) is 1.90. The van der Waals surface area contributed by atoms with Crippen LogP contribution in [0.15, 0.2) is 47.5 Å². The molecule has 4 aromatic rings. The maximum atomic E-state index is 13.4.